The van der Waals surface area contributed by atoms with E-state index in [9.17, 15) is 19.5 Å². The standard InChI is InChI=1S/C47H79N3O5/c1-29(2)32-18-22-47(40(53)49-26-25-48-39(52)31(4)33(28-51)35-14-13-27-50(35)41(54)55-42(5,6)7)24-23-45(11)34(38(32)47)15-16-37-44(10)20-17-30(3)43(8,9)36(44)19-21-46(37,45)12/h30-38,51H,1,13-28H2,2-12H3,(H,48,52)(H,49,53)/t30-,31+,32-,33+,34?,35?,36?,37?,38+,44-,45+,46+,47-/m0/s1. The van der Waals surface area contributed by atoms with Crippen LogP contribution in [0.1, 0.15) is 153 Å². The van der Waals surface area contributed by atoms with Crippen LogP contribution in [0.5, 0.6) is 0 Å². The normalized spacial score (nSPS) is 41.8. The molecule has 8 heteroatoms. The molecule has 0 radical (unpaired) electrons. The maximum absolute atomic E-state index is 14.6. The van der Waals surface area contributed by atoms with Gasteiger partial charge >= 0.3 is 6.09 Å². The second-order valence-electron chi connectivity index (χ2n) is 22.2. The Morgan fingerprint density at radius 3 is 2.22 bits per heavy atom. The van der Waals surface area contributed by atoms with Gasteiger partial charge in [-0.3, -0.25) is 9.59 Å². The predicted molar refractivity (Wildman–Crippen MR) is 220 cm³/mol. The van der Waals surface area contributed by atoms with Gasteiger partial charge in [-0.1, -0.05) is 60.6 Å². The molecule has 4 unspecified atom stereocenters. The van der Waals surface area contributed by atoms with Gasteiger partial charge in [0.15, 0.2) is 0 Å². The third kappa shape index (κ3) is 6.90. The number of fused-ring (bicyclic) bond motifs is 7. The molecule has 3 amide bonds. The summed E-state index contributed by atoms with van der Waals surface area (Å²) in [5, 5.41) is 16.8. The zero-order valence-electron chi connectivity index (χ0n) is 36.7. The summed E-state index contributed by atoms with van der Waals surface area (Å²) in [5.41, 5.74) is 1.43. The number of hydrogen-bond donors (Lipinski definition) is 3. The van der Waals surface area contributed by atoms with Crippen molar-refractivity contribution in [1.82, 2.24) is 15.5 Å². The highest BCUT2D eigenvalue weighted by atomic mass is 16.6. The smallest absolute Gasteiger partial charge is 0.410 e. The summed E-state index contributed by atoms with van der Waals surface area (Å²) in [5.74, 6) is 2.54. The number of carbonyl (C=O) groups excluding carboxylic acids is 3. The van der Waals surface area contributed by atoms with Crippen LogP contribution in [-0.2, 0) is 14.3 Å². The highest BCUT2D eigenvalue weighted by Crippen LogP contribution is 2.77. The molecule has 6 fully saturated rings. The number of carbonyl (C=O) groups is 3. The first-order valence-corrected chi connectivity index (χ1v) is 22.4. The quantitative estimate of drug-likeness (QED) is 0.160. The SMILES string of the molecule is C=C(C)[C@@H]1CC[C@]2(C(=O)NCCNC(=O)[C@H](C)[C@@H](CO)C3CCCN3C(=O)OC(C)(C)C)CC[C@]3(C)C(CCC4[C@@]5(C)CC[C@H](C)C(C)(C)C5CC[C@]43C)[C@@H]12. The van der Waals surface area contributed by atoms with Crippen molar-refractivity contribution in [1.29, 1.82) is 0 Å². The summed E-state index contributed by atoms with van der Waals surface area (Å²) in [4.78, 5) is 42.8. The van der Waals surface area contributed by atoms with Gasteiger partial charge in [0.2, 0.25) is 11.8 Å². The first-order valence-electron chi connectivity index (χ1n) is 22.4. The molecule has 6 aliphatic rings. The lowest BCUT2D eigenvalue weighted by Gasteiger charge is -2.73. The number of nitrogens with zero attached hydrogens (tertiary/aromatic N) is 1. The summed E-state index contributed by atoms with van der Waals surface area (Å²) < 4.78 is 5.64. The number of hydrogen-bond acceptors (Lipinski definition) is 5. The molecule has 1 heterocycles. The zero-order valence-corrected chi connectivity index (χ0v) is 36.7. The lowest BCUT2D eigenvalue weighted by molar-refractivity contribution is -0.240. The average Bonchev–Trinajstić information content (AvgIpc) is 3.75. The fourth-order valence-corrected chi connectivity index (χ4v) is 15.0. The molecule has 312 valence electrons. The van der Waals surface area contributed by atoms with Gasteiger partial charge in [0, 0.05) is 44.1 Å². The number of rotatable bonds is 9. The van der Waals surface area contributed by atoms with E-state index in [1.807, 2.05) is 27.7 Å². The number of ether oxygens (including phenoxy) is 1. The summed E-state index contributed by atoms with van der Waals surface area (Å²) in [6.45, 7) is 30.8. The molecule has 5 aliphatic carbocycles. The summed E-state index contributed by atoms with van der Waals surface area (Å²) >= 11 is 0. The van der Waals surface area contributed by atoms with Crippen molar-refractivity contribution in [2.45, 2.75) is 165 Å². The Hall–Kier alpha value is -2.09. The van der Waals surface area contributed by atoms with Crippen LogP contribution in [0, 0.1) is 74.4 Å². The third-order valence-corrected chi connectivity index (χ3v) is 18.5. The molecule has 13 atom stereocenters. The minimum absolute atomic E-state index is 0.166. The fraction of sp³-hybridized carbons (Fsp3) is 0.894. The van der Waals surface area contributed by atoms with E-state index < -0.39 is 28.9 Å². The molecule has 6 rings (SSSR count). The molecular formula is C47H79N3O5. The minimum Gasteiger partial charge on any atom is -0.444 e. The number of aliphatic hydroxyl groups excluding tert-OH is 1. The van der Waals surface area contributed by atoms with E-state index in [0.717, 1.165) is 56.3 Å². The molecule has 3 N–H and O–H groups in total. The van der Waals surface area contributed by atoms with Crippen molar-refractivity contribution in [3.8, 4) is 0 Å². The van der Waals surface area contributed by atoms with Crippen molar-refractivity contribution >= 4 is 17.9 Å². The van der Waals surface area contributed by atoms with E-state index in [-0.39, 0.29) is 35.3 Å². The highest BCUT2D eigenvalue weighted by molar-refractivity contribution is 5.84. The maximum atomic E-state index is 14.6. The van der Waals surface area contributed by atoms with E-state index in [1.54, 1.807) is 4.90 Å². The molecule has 0 aromatic rings. The molecule has 1 saturated heterocycles. The molecule has 0 spiro atoms. The lowest BCUT2D eigenvalue weighted by Crippen LogP contribution is -2.67. The van der Waals surface area contributed by atoms with Crippen LogP contribution in [0.25, 0.3) is 0 Å². The van der Waals surface area contributed by atoms with Crippen LogP contribution in [0.3, 0.4) is 0 Å². The van der Waals surface area contributed by atoms with Gasteiger partial charge in [-0.25, -0.2) is 4.79 Å². The Bertz CT molecular complexity index is 1490. The minimum atomic E-state index is -0.617. The Labute approximate surface area is 334 Å². The number of amides is 3. The molecule has 0 aromatic carbocycles. The second-order valence-corrected chi connectivity index (χ2v) is 22.2. The van der Waals surface area contributed by atoms with Gasteiger partial charge in [-0.15, -0.1) is 0 Å². The Morgan fingerprint density at radius 2 is 1.56 bits per heavy atom. The van der Waals surface area contributed by atoms with Crippen LogP contribution in [0.15, 0.2) is 12.2 Å². The first kappa shape index (κ1) is 42.5. The molecule has 55 heavy (non-hydrogen) atoms. The maximum Gasteiger partial charge on any atom is 0.410 e. The Kier molecular flexibility index (Phi) is 11.5. The van der Waals surface area contributed by atoms with Gasteiger partial charge in [0.1, 0.15) is 5.60 Å². The third-order valence-electron chi connectivity index (χ3n) is 18.5. The predicted octanol–water partition coefficient (Wildman–Crippen LogP) is 9.16. The van der Waals surface area contributed by atoms with Crippen molar-refractivity contribution < 1.29 is 24.2 Å². The van der Waals surface area contributed by atoms with Crippen LogP contribution in [0.2, 0.25) is 0 Å². The topological polar surface area (TPSA) is 108 Å². The number of nitrogens with one attached hydrogen (secondary N) is 2. The molecule has 8 nitrogen and oxygen atoms in total. The largest absolute Gasteiger partial charge is 0.444 e. The first-order chi connectivity index (χ1) is 25.6. The summed E-state index contributed by atoms with van der Waals surface area (Å²) in [6.07, 6.45) is 13.0. The van der Waals surface area contributed by atoms with Gasteiger partial charge in [-0.2, -0.15) is 0 Å². The van der Waals surface area contributed by atoms with E-state index in [2.05, 4.69) is 65.7 Å². The van der Waals surface area contributed by atoms with Gasteiger partial charge in [0.05, 0.1) is 5.41 Å². The van der Waals surface area contributed by atoms with Gasteiger partial charge < -0.3 is 25.4 Å². The van der Waals surface area contributed by atoms with Crippen LogP contribution in [0.4, 0.5) is 4.79 Å². The lowest BCUT2D eigenvalue weighted by atomic mass is 9.32. The van der Waals surface area contributed by atoms with Crippen molar-refractivity contribution in [2.24, 2.45) is 74.4 Å². The van der Waals surface area contributed by atoms with Crippen molar-refractivity contribution in [2.75, 3.05) is 26.2 Å². The Balaban J connectivity index is 1.12. The number of allylic oxidation sites excluding steroid dienone is 1. The van der Waals surface area contributed by atoms with E-state index in [4.69, 9.17) is 4.74 Å². The van der Waals surface area contributed by atoms with Gasteiger partial charge in [0.25, 0.3) is 0 Å². The van der Waals surface area contributed by atoms with E-state index in [1.165, 1.54) is 44.1 Å². The van der Waals surface area contributed by atoms with Crippen molar-refractivity contribution in [3.63, 3.8) is 0 Å². The van der Waals surface area contributed by atoms with Gasteiger partial charge in [-0.05, 0) is 162 Å². The van der Waals surface area contributed by atoms with Crippen LogP contribution < -0.4 is 10.6 Å². The van der Waals surface area contributed by atoms with Crippen LogP contribution >= 0.6 is 0 Å². The second kappa shape index (κ2) is 14.9. The monoisotopic (exact) mass is 766 g/mol. The molecule has 5 saturated carbocycles. The number of likely N-dealkylation sites (tertiary alicyclic amines) is 1. The zero-order chi connectivity index (χ0) is 40.5. The van der Waals surface area contributed by atoms with Crippen molar-refractivity contribution in [3.05, 3.63) is 12.2 Å². The van der Waals surface area contributed by atoms with Crippen LogP contribution in [-0.4, -0.2) is 65.8 Å². The molecule has 1 aliphatic heterocycles. The molecule has 0 bridgehead atoms. The molecule has 0 aromatic heterocycles. The van der Waals surface area contributed by atoms with E-state index in [0.29, 0.717) is 48.2 Å². The van der Waals surface area contributed by atoms with E-state index >= 15 is 0 Å². The highest BCUT2D eigenvalue weighted by Gasteiger charge is 2.71. The fourth-order valence-electron chi connectivity index (χ4n) is 15.0. The average molecular weight is 766 g/mol. The Morgan fingerprint density at radius 1 is 0.873 bits per heavy atom. The summed E-state index contributed by atoms with van der Waals surface area (Å²) in [7, 11) is 0. The number of aliphatic hydroxyl groups is 1. The summed E-state index contributed by atoms with van der Waals surface area (Å²) in [6, 6.07) is -0.259. The molecular weight excluding hydrogens is 687 g/mol.